The van der Waals surface area contributed by atoms with E-state index < -0.39 is 0 Å². The molecule has 1 fully saturated rings. The standard InChI is InChI=1S/C15H23ClN2/c1-11-6-8-12(9-7-11)18(2)15-5-3-4-14(16)13(15)10-17/h3-5,11-12H,6-10,17H2,1-2H3. The first-order valence-corrected chi connectivity index (χ1v) is 7.21. The smallest absolute Gasteiger partial charge is 0.0471 e. The quantitative estimate of drug-likeness (QED) is 0.901. The maximum Gasteiger partial charge on any atom is 0.0471 e. The number of nitrogens with two attached hydrogens (primary N) is 1. The van der Waals surface area contributed by atoms with Crippen LogP contribution < -0.4 is 10.6 Å². The van der Waals surface area contributed by atoms with E-state index >= 15 is 0 Å². The van der Waals surface area contributed by atoms with Crippen molar-refractivity contribution in [2.24, 2.45) is 11.7 Å². The van der Waals surface area contributed by atoms with Gasteiger partial charge in [0.2, 0.25) is 0 Å². The molecule has 0 atom stereocenters. The predicted molar refractivity (Wildman–Crippen MR) is 79.2 cm³/mol. The largest absolute Gasteiger partial charge is 0.371 e. The molecule has 18 heavy (non-hydrogen) atoms. The molecule has 100 valence electrons. The van der Waals surface area contributed by atoms with Crippen LogP contribution in [0.2, 0.25) is 5.02 Å². The Bertz CT molecular complexity index is 397. The fourth-order valence-electron chi connectivity index (χ4n) is 2.91. The summed E-state index contributed by atoms with van der Waals surface area (Å²) in [6, 6.07) is 6.69. The fraction of sp³-hybridized carbons (Fsp3) is 0.600. The van der Waals surface area contributed by atoms with Gasteiger partial charge >= 0.3 is 0 Å². The van der Waals surface area contributed by atoms with Crippen molar-refractivity contribution in [3.05, 3.63) is 28.8 Å². The van der Waals surface area contributed by atoms with E-state index in [1.165, 1.54) is 31.4 Å². The molecule has 2 nitrogen and oxygen atoms in total. The van der Waals surface area contributed by atoms with Gasteiger partial charge in [0.25, 0.3) is 0 Å². The second-order valence-electron chi connectivity index (χ2n) is 5.47. The topological polar surface area (TPSA) is 29.3 Å². The van der Waals surface area contributed by atoms with E-state index in [2.05, 4.69) is 24.9 Å². The third-order valence-electron chi connectivity index (χ3n) is 4.21. The number of benzene rings is 1. The van der Waals surface area contributed by atoms with Gasteiger partial charge < -0.3 is 10.6 Å². The van der Waals surface area contributed by atoms with Crippen LogP contribution in [0.25, 0.3) is 0 Å². The number of rotatable bonds is 3. The zero-order chi connectivity index (χ0) is 13.1. The molecule has 0 radical (unpaired) electrons. The molecule has 1 aliphatic carbocycles. The Morgan fingerprint density at radius 3 is 2.56 bits per heavy atom. The van der Waals surface area contributed by atoms with Crippen LogP contribution in [0, 0.1) is 5.92 Å². The van der Waals surface area contributed by atoms with Crippen molar-refractivity contribution >= 4 is 17.3 Å². The van der Waals surface area contributed by atoms with E-state index in [0.29, 0.717) is 12.6 Å². The van der Waals surface area contributed by atoms with Crippen LogP contribution in [-0.2, 0) is 6.54 Å². The van der Waals surface area contributed by atoms with Gasteiger partial charge in [0.15, 0.2) is 0 Å². The molecule has 0 aliphatic heterocycles. The lowest BCUT2D eigenvalue weighted by Gasteiger charge is -2.36. The monoisotopic (exact) mass is 266 g/mol. The minimum Gasteiger partial charge on any atom is -0.371 e. The molecule has 0 saturated heterocycles. The maximum atomic E-state index is 6.23. The molecule has 0 unspecified atom stereocenters. The highest BCUT2D eigenvalue weighted by atomic mass is 35.5. The lowest BCUT2D eigenvalue weighted by atomic mass is 9.86. The predicted octanol–water partition coefficient (Wildman–Crippen LogP) is 3.81. The lowest BCUT2D eigenvalue weighted by molar-refractivity contribution is 0.340. The van der Waals surface area contributed by atoms with Crippen LogP contribution >= 0.6 is 11.6 Å². The molecule has 0 aromatic heterocycles. The third-order valence-corrected chi connectivity index (χ3v) is 4.57. The molecule has 0 amide bonds. The molecule has 1 aromatic rings. The summed E-state index contributed by atoms with van der Waals surface area (Å²) in [6.45, 7) is 2.85. The van der Waals surface area contributed by atoms with Crippen molar-refractivity contribution in [1.82, 2.24) is 0 Å². The van der Waals surface area contributed by atoms with E-state index in [1.807, 2.05) is 12.1 Å². The molecule has 0 bridgehead atoms. The van der Waals surface area contributed by atoms with Crippen LogP contribution in [0.4, 0.5) is 5.69 Å². The summed E-state index contributed by atoms with van der Waals surface area (Å²) >= 11 is 6.23. The summed E-state index contributed by atoms with van der Waals surface area (Å²) in [5.74, 6) is 0.878. The first-order chi connectivity index (χ1) is 8.63. The lowest BCUT2D eigenvalue weighted by Crippen LogP contribution is -2.35. The van der Waals surface area contributed by atoms with Crippen LogP contribution in [0.1, 0.15) is 38.2 Å². The molecule has 3 heteroatoms. The molecular formula is C15H23ClN2. The summed E-state index contributed by atoms with van der Waals surface area (Å²) in [4.78, 5) is 2.37. The molecular weight excluding hydrogens is 244 g/mol. The third kappa shape index (κ3) is 2.81. The molecule has 0 spiro atoms. The first-order valence-electron chi connectivity index (χ1n) is 6.83. The number of nitrogens with zero attached hydrogens (tertiary/aromatic N) is 1. The Labute approximate surface area is 115 Å². The van der Waals surface area contributed by atoms with Gasteiger partial charge in [0.1, 0.15) is 0 Å². The van der Waals surface area contributed by atoms with Crippen LogP contribution in [-0.4, -0.2) is 13.1 Å². The highest BCUT2D eigenvalue weighted by Crippen LogP contribution is 2.33. The van der Waals surface area contributed by atoms with Gasteiger partial charge in [-0.1, -0.05) is 24.6 Å². The van der Waals surface area contributed by atoms with Crippen molar-refractivity contribution in [1.29, 1.82) is 0 Å². The van der Waals surface area contributed by atoms with Gasteiger partial charge in [-0.15, -0.1) is 0 Å². The zero-order valence-corrected chi connectivity index (χ0v) is 12.1. The number of anilines is 1. The summed E-state index contributed by atoms with van der Waals surface area (Å²) in [6.07, 6.45) is 5.20. The van der Waals surface area contributed by atoms with E-state index in [1.54, 1.807) is 0 Å². The average molecular weight is 267 g/mol. The summed E-state index contributed by atoms with van der Waals surface area (Å²) in [7, 11) is 2.17. The van der Waals surface area contributed by atoms with Crippen molar-refractivity contribution in [3.63, 3.8) is 0 Å². The van der Waals surface area contributed by atoms with Gasteiger partial charge in [0, 0.05) is 35.9 Å². The highest BCUT2D eigenvalue weighted by Gasteiger charge is 2.23. The Balaban J connectivity index is 2.18. The van der Waals surface area contributed by atoms with Crippen molar-refractivity contribution < 1.29 is 0 Å². The van der Waals surface area contributed by atoms with Gasteiger partial charge in [-0.2, -0.15) is 0 Å². The van der Waals surface area contributed by atoms with Crippen LogP contribution in [0.15, 0.2) is 18.2 Å². The number of halogens is 1. The summed E-state index contributed by atoms with van der Waals surface area (Å²) in [5.41, 5.74) is 8.10. The second kappa shape index (κ2) is 5.94. The normalized spacial score (nSPS) is 24.0. The second-order valence-corrected chi connectivity index (χ2v) is 5.87. The maximum absolute atomic E-state index is 6.23. The Hall–Kier alpha value is -0.730. The zero-order valence-electron chi connectivity index (χ0n) is 11.3. The van der Waals surface area contributed by atoms with Gasteiger partial charge in [-0.05, 0) is 43.7 Å². The molecule has 0 heterocycles. The summed E-state index contributed by atoms with van der Waals surface area (Å²) < 4.78 is 0. The molecule has 2 N–H and O–H groups in total. The molecule has 1 saturated carbocycles. The minimum atomic E-state index is 0.502. The van der Waals surface area contributed by atoms with Crippen molar-refractivity contribution in [3.8, 4) is 0 Å². The Kier molecular flexibility index (Phi) is 4.52. The van der Waals surface area contributed by atoms with Gasteiger partial charge in [-0.3, -0.25) is 0 Å². The number of hydrogen-bond donors (Lipinski definition) is 1. The highest BCUT2D eigenvalue weighted by molar-refractivity contribution is 6.31. The van der Waals surface area contributed by atoms with Crippen molar-refractivity contribution in [2.45, 2.75) is 45.2 Å². The molecule has 2 rings (SSSR count). The van der Waals surface area contributed by atoms with Gasteiger partial charge in [-0.25, -0.2) is 0 Å². The SMILES string of the molecule is CC1CCC(N(C)c2cccc(Cl)c2CN)CC1. The first kappa shape index (κ1) is 13.7. The molecule has 1 aliphatic rings. The fourth-order valence-corrected chi connectivity index (χ4v) is 3.15. The Morgan fingerprint density at radius 2 is 1.94 bits per heavy atom. The Morgan fingerprint density at radius 1 is 1.28 bits per heavy atom. The average Bonchev–Trinajstić information content (AvgIpc) is 2.38. The van der Waals surface area contributed by atoms with E-state index in [9.17, 15) is 0 Å². The van der Waals surface area contributed by atoms with Crippen LogP contribution in [0.3, 0.4) is 0 Å². The van der Waals surface area contributed by atoms with E-state index in [4.69, 9.17) is 17.3 Å². The molecule has 1 aromatic carbocycles. The van der Waals surface area contributed by atoms with Crippen LogP contribution in [0.5, 0.6) is 0 Å². The van der Waals surface area contributed by atoms with E-state index in [0.717, 1.165) is 16.5 Å². The van der Waals surface area contributed by atoms with Crippen molar-refractivity contribution in [2.75, 3.05) is 11.9 Å². The van der Waals surface area contributed by atoms with E-state index in [-0.39, 0.29) is 0 Å². The number of hydrogen-bond acceptors (Lipinski definition) is 2. The summed E-state index contributed by atoms with van der Waals surface area (Å²) in [5, 5.41) is 0.783. The minimum absolute atomic E-state index is 0.502. The van der Waals surface area contributed by atoms with Gasteiger partial charge in [0.05, 0.1) is 0 Å².